The molecule has 0 saturated heterocycles. The quantitative estimate of drug-likeness (QED) is 0.651. The van der Waals surface area contributed by atoms with Crippen molar-refractivity contribution >= 4 is 29.5 Å². The number of alkyl halides is 3. The van der Waals surface area contributed by atoms with Crippen molar-refractivity contribution in [3.63, 3.8) is 0 Å². The Morgan fingerprint density at radius 3 is 2.57 bits per heavy atom. The highest BCUT2D eigenvalue weighted by Gasteiger charge is 2.30. The van der Waals surface area contributed by atoms with Crippen LogP contribution in [0, 0.1) is 0 Å². The minimum atomic E-state index is -4.44. The molecule has 1 aromatic heterocycles. The Bertz CT molecular complexity index is 743. The first-order valence-corrected chi connectivity index (χ1v) is 7.09. The Morgan fingerprint density at radius 1 is 1.26 bits per heavy atom. The number of carbonyl (C=O) groups is 1. The molecule has 3 N–H and O–H groups in total. The average molecular weight is 340 g/mol. The molecule has 1 heterocycles. The topological polar surface area (TPSA) is 76.2 Å². The van der Waals surface area contributed by atoms with Gasteiger partial charge in [0.2, 0.25) is 0 Å². The number of carboxylic acids is 1. The van der Waals surface area contributed by atoms with Crippen LogP contribution in [-0.4, -0.2) is 16.1 Å². The van der Waals surface area contributed by atoms with Gasteiger partial charge < -0.3 is 10.8 Å². The summed E-state index contributed by atoms with van der Waals surface area (Å²) in [6.45, 7) is 0. The maximum atomic E-state index is 12.5. The second-order valence-electron chi connectivity index (χ2n) is 4.45. The van der Waals surface area contributed by atoms with Gasteiger partial charge in [0.25, 0.3) is 0 Å². The molecule has 4 nitrogen and oxygen atoms in total. The summed E-state index contributed by atoms with van der Waals surface area (Å²) in [6, 6.07) is 7.05. The van der Waals surface area contributed by atoms with Gasteiger partial charge in [-0.1, -0.05) is 11.8 Å². The number of pyridine rings is 1. The molecule has 0 atom stereocenters. The maximum Gasteiger partial charge on any atom is 0.417 e. The van der Waals surface area contributed by atoms with Crippen molar-refractivity contribution in [1.82, 2.24) is 4.98 Å². The van der Waals surface area contributed by atoms with E-state index in [0.29, 0.717) is 21.2 Å². The standard InChI is InChI=1S/C15H11F3N2O2S/c16-15(17,18)10-2-5-13(20-8-10)23-12-4-3-11(19)7-9(12)1-6-14(21)22/h1-8H,19H2,(H,21,22)/b6-1-. The Hall–Kier alpha value is -2.48. The molecule has 0 amide bonds. The van der Waals surface area contributed by atoms with Gasteiger partial charge in [-0.05, 0) is 42.0 Å². The monoisotopic (exact) mass is 340 g/mol. The smallest absolute Gasteiger partial charge is 0.417 e. The molecule has 120 valence electrons. The highest BCUT2D eigenvalue weighted by atomic mass is 32.2. The Kier molecular flexibility index (Phi) is 4.95. The molecule has 0 aliphatic heterocycles. The third-order valence-corrected chi connectivity index (χ3v) is 3.76. The molecule has 0 fully saturated rings. The van der Waals surface area contributed by atoms with Crippen molar-refractivity contribution in [2.24, 2.45) is 0 Å². The molecule has 0 unspecified atom stereocenters. The molecular weight excluding hydrogens is 329 g/mol. The van der Waals surface area contributed by atoms with E-state index >= 15 is 0 Å². The average Bonchev–Trinajstić information content (AvgIpc) is 2.47. The van der Waals surface area contributed by atoms with Gasteiger partial charge in [-0.15, -0.1) is 0 Å². The van der Waals surface area contributed by atoms with E-state index in [4.69, 9.17) is 10.8 Å². The molecule has 23 heavy (non-hydrogen) atoms. The van der Waals surface area contributed by atoms with Gasteiger partial charge in [0.05, 0.1) is 5.56 Å². The second-order valence-corrected chi connectivity index (χ2v) is 5.52. The first-order chi connectivity index (χ1) is 10.8. The summed E-state index contributed by atoms with van der Waals surface area (Å²) in [6.07, 6.45) is -1.36. The van der Waals surface area contributed by atoms with Crippen LogP contribution < -0.4 is 5.73 Å². The third kappa shape index (κ3) is 4.75. The third-order valence-electron chi connectivity index (χ3n) is 2.72. The first-order valence-electron chi connectivity index (χ1n) is 6.27. The van der Waals surface area contributed by atoms with E-state index in [1.165, 1.54) is 12.1 Å². The highest BCUT2D eigenvalue weighted by molar-refractivity contribution is 7.99. The van der Waals surface area contributed by atoms with Gasteiger partial charge in [0, 0.05) is 22.9 Å². The number of anilines is 1. The summed E-state index contributed by atoms with van der Waals surface area (Å²) in [7, 11) is 0. The van der Waals surface area contributed by atoms with Crippen molar-refractivity contribution in [2.45, 2.75) is 16.1 Å². The van der Waals surface area contributed by atoms with E-state index in [-0.39, 0.29) is 0 Å². The molecule has 0 saturated carbocycles. The number of benzene rings is 1. The summed E-state index contributed by atoms with van der Waals surface area (Å²) < 4.78 is 37.5. The van der Waals surface area contributed by atoms with Crippen molar-refractivity contribution < 1.29 is 23.1 Å². The lowest BCUT2D eigenvalue weighted by Gasteiger charge is -2.08. The molecule has 0 radical (unpaired) electrons. The number of nitrogens with zero attached hydrogens (tertiary/aromatic N) is 1. The number of rotatable bonds is 4. The van der Waals surface area contributed by atoms with Gasteiger partial charge in [0.1, 0.15) is 5.03 Å². The van der Waals surface area contributed by atoms with Crippen LogP contribution in [0.15, 0.2) is 52.5 Å². The number of hydrogen-bond donors (Lipinski definition) is 2. The van der Waals surface area contributed by atoms with Crippen LogP contribution in [0.2, 0.25) is 0 Å². The van der Waals surface area contributed by atoms with Crippen molar-refractivity contribution in [3.8, 4) is 0 Å². The molecule has 0 aliphatic rings. The largest absolute Gasteiger partial charge is 0.478 e. The summed E-state index contributed by atoms with van der Waals surface area (Å²) >= 11 is 1.12. The number of halogens is 3. The number of nitrogens with two attached hydrogens (primary N) is 1. The van der Waals surface area contributed by atoms with E-state index in [2.05, 4.69) is 4.98 Å². The lowest BCUT2D eigenvalue weighted by atomic mass is 10.2. The van der Waals surface area contributed by atoms with Crippen LogP contribution in [0.3, 0.4) is 0 Å². The fraction of sp³-hybridized carbons (Fsp3) is 0.0667. The molecule has 8 heteroatoms. The van der Waals surface area contributed by atoms with Crippen molar-refractivity contribution in [2.75, 3.05) is 5.73 Å². The van der Waals surface area contributed by atoms with Crippen molar-refractivity contribution in [1.29, 1.82) is 0 Å². The van der Waals surface area contributed by atoms with Gasteiger partial charge in [0.15, 0.2) is 0 Å². The van der Waals surface area contributed by atoms with Crippen LogP contribution in [-0.2, 0) is 11.0 Å². The summed E-state index contributed by atoms with van der Waals surface area (Å²) in [5.41, 5.74) is 5.82. The zero-order valence-electron chi connectivity index (χ0n) is 11.5. The highest BCUT2D eigenvalue weighted by Crippen LogP contribution is 2.33. The summed E-state index contributed by atoms with van der Waals surface area (Å²) in [5.74, 6) is -1.11. The maximum absolute atomic E-state index is 12.5. The first kappa shape index (κ1) is 16.9. The molecular formula is C15H11F3N2O2S. The fourth-order valence-electron chi connectivity index (χ4n) is 1.67. The van der Waals surface area contributed by atoms with Crippen LogP contribution in [0.4, 0.5) is 18.9 Å². The normalized spacial score (nSPS) is 11.8. The van der Waals surface area contributed by atoms with Crippen LogP contribution in [0.1, 0.15) is 11.1 Å². The molecule has 0 bridgehead atoms. The summed E-state index contributed by atoms with van der Waals surface area (Å²) in [4.78, 5) is 15.0. The number of carboxylic acid groups (broad SMARTS) is 1. The minimum Gasteiger partial charge on any atom is -0.478 e. The Labute approximate surface area is 133 Å². The summed E-state index contributed by atoms with van der Waals surface area (Å²) in [5, 5.41) is 9.04. The SMILES string of the molecule is Nc1ccc(Sc2ccc(C(F)(F)F)cn2)c(/C=C\C(=O)O)c1. The second kappa shape index (κ2) is 6.74. The van der Waals surface area contributed by atoms with Crippen LogP contribution in [0.25, 0.3) is 6.08 Å². The Balaban J connectivity index is 2.27. The molecule has 0 spiro atoms. The fourth-order valence-corrected chi connectivity index (χ4v) is 2.52. The number of nitrogen functional groups attached to an aromatic ring is 1. The number of hydrogen-bond acceptors (Lipinski definition) is 4. The minimum absolute atomic E-state index is 0.354. The van der Waals surface area contributed by atoms with Gasteiger partial charge >= 0.3 is 12.1 Å². The van der Waals surface area contributed by atoms with Crippen molar-refractivity contribution in [3.05, 3.63) is 53.7 Å². The zero-order chi connectivity index (χ0) is 17.0. The van der Waals surface area contributed by atoms with E-state index < -0.39 is 17.7 Å². The van der Waals surface area contributed by atoms with E-state index in [1.807, 2.05) is 0 Å². The lowest BCUT2D eigenvalue weighted by molar-refractivity contribution is -0.138. The number of aromatic nitrogens is 1. The molecule has 1 aromatic carbocycles. The van der Waals surface area contributed by atoms with Crippen LogP contribution in [0.5, 0.6) is 0 Å². The van der Waals surface area contributed by atoms with E-state index in [0.717, 1.165) is 30.1 Å². The van der Waals surface area contributed by atoms with E-state index in [1.54, 1.807) is 18.2 Å². The molecule has 2 aromatic rings. The van der Waals surface area contributed by atoms with Gasteiger partial charge in [-0.25, -0.2) is 9.78 Å². The zero-order valence-corrected chi connectivity index (χ0v) is 12.4. The van der Waals surface area contributed by atoms with Gasteiger partial charge in [-0.3, -0.25) is 0 Å². The van der Waals surface area contributed by atoms with Gasteiger partial charge in [-0.2, -0.15) is 13.2 Å². The van der Waals surface area contributed by atoms with Crippen LogP contribution >= 0.6 is 11.8 Å². The Morgan fingerprint density at radius 2 is 2.00 bits per heavy atom. The predicted molar refractivity (Wildman–Crippen MR) is 80.9 cm³/mol. The molecule has 0 aliphatic carbocycles. The van der Waals surface area contributed by atoms with E-state index in [9.17, 15) is 18.0 Å². The molecule has 2 rings (SSSR count). The lowest BCUT2D eigenvalue weighted by Crippen LogP contribution is -2.05. The predicted octanol–water partition coefficient (Wildman–Crippen LogP) is 3.93. The number of aliphatic carboxylic acids is 1.